The zero-order valence-corrected chi connectivity index (χ0v) is 12.0. The quantitative estimate of drug-likeness (QED) is 0.594. The minimum atomic E-state index is 0.129. The van der Waals surface area contributed by atoms with Crippen molar-refractivity contribution in [3.63, 3.8) is 0 Å². The van der Waals surface area contributed by atoms with Crippen LogP contribution in [0.4, 0.5) is 0 Å². The van der Waals surface area contributed by atoms with Crippen molar-refractivity contribution >= 4 is 5.91 Å². The van der Waals surface area contributed by atoms with Crippen molar-refractivity contribution in [1.82, 2.24) is 15.3 Å². The van der Waals surface area contributed by atoms with E-state index in [0.717, 1.165) is 31.5 Å². The molecule has 5 heteroatoms. The van der Waals surface area contributed by atoms with Gasteiger partial charge in [-0.25, -0.2) is 4.98 Å². The molecule has 0 atom stereocenters. The Kier molecular flexibility index (Phi) is 6.56. The van der Waals surface area contributed by atoms with E-state index in [9.17, 15) is 4.79 Å². The number of hydrogen-bond donors (Lipinski definition) is 3. The molecule has 0 saturated heterocycles. The van der Waals surface area contributed by atoms with E-state index >= 15 is 0 Å². The van der Waals surface area contributed by atoms with E-state index in [1.54, 1.807) is 6.20 Å². The first-order valence-corrected chi connectivity index (χ1v) is 6.98. The van der Waals surface area contributed by atoms with E-state index in [0.29, 0.717) is 19.5 Å². The third-order valence-electron chi connectivity index (χ3n) is 3.32. The number of aromatic nitrogens is 2. The van der Waals surface area contributed by atoms with Gasteiger partial charge in [0.15, 0.2) is 0 Å². The van der Waals surface area contributed by atoms with Gasteiger partial charge in [0.2, 0.25) is 5.91 Å². The predicted molar refractivity (Wildman–Crippen MR) is 76.6 cm³/mol. The maximum absolute atomic E-state index is 11.7. The number of H-pyrrole nitrogens is 1. The molecule has 0 unspecified atom stereocenters. The number of aryl methyl sites for hydroxylation is 1. The maximum Gasteiger partial charge on any atom is 0.220 e. The average Bonchev–Trinajstić information content (AvgIpc) is 2.85. The van der Waals surface area contributed by atoms with Crippen molar-refractivity contribution in [1.29, 1.82) is 0 Å². The highest BCUT2D eigenvalue weighted by Crippen LogP contribution is 2.25. The Bertz CT molecular complexity index is 360. The van der Waals surface area contributed by atoms with Crippen LogP contribution in [0.25, 0.3) is 0 Å². The Morgan fingerprint density at radius 1 is 1.47 bits per heavy atom. The predicted octanol–water partition coefficient (Wildman–Crippen LogP) is 1.61. The first-order valence-electron chi connectivity index (χ1n) is 6.98. The van der Waals surface area contributed by atoms with Crippen LogP contribution >= 0.6 is 0 Å². The fourth-order valence-corrected chi connectivity index (χ4v) is 1.97. The standard InChI is InChI=1S/C14H26N4O/c1-14(2,7-8-15)6-5-13(19)18-9-3-4-12-16-10-11-17-12/h10-11H,3-9,15H2,1-2H3,(H,16,17)(H,18,19). The Morgan fingerprint density at radius 3 is 2.89 bits per heavy atom. The van der Waals surface area contributed by atoms with Crippen LogP contribution in [0, 0.1) is 5.41 Å². The summed E-state index contributed by atoms with van der Waals surface area (Å²) in [4.78, 5) is 18.9. The van der Waals surface area contributed by atoms with Gasteiger partial charge >= 0.3 is 0 Å². The second-order valence-corrected chi connectivity index (χ2v) is 5.69. The molecule has 1 aromatic rings. The first-order chi connectivity index (χ1) is 9.03. The Morgan fingerprint density at radius 2 is 2.26 bits per heavy atom. The van der Waals surface area contributed by atoms with Crippen molar-refractivity contribution in [2.75, 3.05) is 13.1 Å². The van der Waals surface area contributed by atoms with E-state index in [-0.39, 0.29) is 11.3 Å². The number of amides is 1. The number of carbonyl (C=O) groups is 1. The molecule has 1 heterocycles. The van der Waals surface area contributed by atoms with Gasteiger partial charge in [-0.2, -0.15) is 0 Å². The van der Waals surface area contributed by atoms with Gasteiger partial charge in [-0.15, -0.1) is 0 Å². The molecule has 5 nitrogen and oxygen atoms in total. The number of hydrogen-bond acceptors (Lipinski definition) is 3. The second kappa shape index (κ2) is 7.94. The Balaban J connectivity index is 2.08. The van der Waals surface area contributed by atoms with Crippen molar-refractivity contribution in [2.45, 2.75) is 46.0 Å². The molecule has 108 valence electrons. The largest absolute Gasteiger partial charge is 0.356 e. The van der Waals surface area contributed by atoms with Crippen LogP contribution in [0.2, 0.25) is 0 Å². The van der Waals surface area contributed by atoms with Gasteiger partial charge in [-0.1, -0.05) is 13.8 Å². The molecule has 0 aromatic carbocycles. The summed E-state index contributed by atoms with van der Waals surface area (Å²) in [5.74, 6) is 1.10. The number of carbonyl (C=O) groups excluding carboxylic acids is 1. The van der Waals surface area contributed by atoms with Crippen LogP contribution < -0.4 is 11.1 Å². The molecule has 0 radical (unpaired) electrons. The Hall–Kier alpha value is -1.36. The number of aromatic amines is 1. The van der Waals surface area contributed by atoms with Gasteiger partial charge in [-0.05, 0) is 31.2 Å². The fraction of sp³-hybridized carbons (Fsp3) is 0.714. The van der Waals surface area contributed by atoms with E-state index in [4.69, 9.17) is 5.73 Å². The minimum absolute atomic E-state index is 0.129. The molecule has 19 heavy (non-hydrogen) atoms. The summed E-state index contributed by atoms with van der Waals surface area (Å²) in [6, 6.07) is 0. The summed E-state index contributed by atoms with van der Waals surface area (Å²) in [5, 5.41) is 2.95. The van der Waals surface area contributed by atoms with Crippen LogP contribution in [-0.2, 0) is 11.2 Å². The molecule has 0 aliphatic rings. The molecule has 1 aromatic heterocycles. The third-order valence-corrected chi connectivity index (χ3v) is 3.32. The average molecular weight is 266 g/mol. The second-order valence-electron chi connectivity index (χ2n) is 5.69. The van der Waals surface area contributed by atoms with E-state index in [2.05, 4.69) is 29.1 Å². The lowest BCUT2D eigenvalue weighted by atomic mass is 9.84. The Labute approximate surface area is 115 Å². The number of nitrogens with zero attached hydrogens (tertiary/aromatic N) is 1. The van der Waals surface area contributed by atoms with Crippen LogP contribution in [-0.4, -0.2) is 29.0 Å². The van der Waals surface area contributed by atoms with Crippen molar-refractivity contribution in [2.24, 2.45) is 11.1 Å². The highest BCUT2D eigenvalue weighted by atomic mass is 16.1. The molecule has 0 fully saturated rings. The molecular formula is C14H26N4O. The van der Waals surface area contributed by atoms with E-state index < -0.39 is 0 Å². The van der Waals surface area contributed by atoms with Gasteiger partial charge in [0.05, 0.1) is 0 Å². The van der Waals surface area contributed by atoms with E-state index in [1.807, 2.05) is 6.20 Å². The smallest absolute Gasteiger partial charge is 0.220 e. The lowest BCUT2D eigenvalue weighted by Crippen LogP contribution is -2.27. The zero-order valence-electron chi connectivity index (χ0n) is 12.0. The van der Waals surface area contributed by atoms with Gasteiger partial charge < -0.3 is 16.0 Å². The summed E-state index contributed by atoms with van der Waals surface area (Å²) in [5.41, 5.74) is 5.71. The van der Waals surface area contributed by atoms with Crippen LogP contribution in [0.3, 0.4) is 0 Å². The summed E-state index contributed by atoms with van der Waals surface area (Å²) in [6.07, 6.45) is 7.75. The molecule has 0 saturated carbocycles. The summed E-state index contributed by atoms with van der Waals surface area (Å²) < 4.78 is 0. The summed E-state index contributed by atoms with van der Waals surface area (Å²) in [7, 11) is 0. The highest BCUT2D eigenvalue weighted by molar-refractivity contribution is 5.75. The topological polar surface area (TPSA) is 83.8 Å². The SMILES string of the molecule is CC(C)(CCN)CCC(=O)NCCCc1ncc[nH]1. The number of imidazole rings is 1. The normalized spacial score (nSPS) is 11.5. The summed E-state index contributed by atoms with van der Waals surface area (Å²) >= 11 is 0. The minimum Gasteiger partial charge on any atom is -0.356 e. The molecule has 1 rings (SSSR count). The zero-order chi connectivity index (χ0) is 14.1. The lowest BCUT2D eigenvalue weighted by Gasteiger charge is -2.23. The monoisotopic (exact) mass is 266 g/mol. The van der Waals surface area contributed by atoms with Gasteiger partial charge in [0, 0.05) is 31.8 Å². The van der Waals surface area contributed by atoms with Crippen LogP contribution in [0.1, 0.15) is 45.4 Å². The first kappa shape index (κ1) is 15.7. The van der Waals surface area contributed by atoms with Gasteiger partial charge in [-0.3, -0.25) is 4.79 Å². The van der Waals surface area contributed by atoms with Crippen molar-refractivity contribution in [3.8, 4) is 0 Å². The van der Waals surface area contributed by atoms with E-state index in [1.165, 1.54) is 0 Å². The number of nitrogens with one attached hydrogen (secondary N) is 2. The number of rotatable bonds is 9. The molecule has 4 N–H and O–H groups in total. The number of nitrogens with two attached hydrogens (primary N) is 1. The molecule has 0 aliphatic heterocycles. The van der Waals surface area contributed by atoms with Gasteiger partial charge in [0.1, 0.15) is 5.82 Å². The fourth-order valence-electron chi connectivity index (χ4n) is 1.97. The molecule has 0 bridgehead atoms. The highest BCUT2D eigenvalue weighted by Gasteiger charge is 2.17. The maximum atomic E-state index is 11.7. The lowest BCUT2D eigenvalue weighted by molar-refractivity contribution is -0.121. The molecule has 0 spiro atoms. The molecule has 0 aliphatic carbocycles. The van der Waals surface area contributed by atoms with Crippen LogP contribution in [0.15, 0.2) is 12.4 Å². The van der Waals surface area contributed by atoms with Crippen molar-refractivity contribution < 1.29 is 4.79 Å². The molecule has 1 amide bonds. The van der Waals surface area contributed by atoms with Gasteiger partial charge in [0.25, 0.3) is 0 Å². The molecular weight excluding hydrogens is 240 g/mol. The summed E-state index contributed by atoms with van der Waals surface area (Å²) in [6.45, 7) is 5.70. The van der Waals surface area contributed by atoms with Crippen molar-refractivity contribution in [3.05, 3.63) is 18.2 Å². The third kappa shape index (κ3) is 6.96. The van der Waals surface area contributed by atoms with Crippen LogP contribution in [0.5, 0.6) is 0 Å².